The lowest BCUT2D eigenvalue weighted by Gasteiger charge is -2.32. The summed E-state index contributed by atoms with van der Waals surface area (Å²) in [5.74, 6) is -0.730. The SMILES string of the molecule is CCN(C(=O)C(C)NC(=O)OC(C)(C)C)C(C(=O)Nc1ccc2ccccc2c1)c1ccccc1. The maximum atomic E-state index is 13.6. The molecule has 2 unspecified atom stereocenters. The second-order valence-corrected chi connectivity index (χ2v) is 9.36. The Morgan fingerprint density at radius 2 is 1.54 bits per heavy atom. The fraction of sp³-hybridized carbons (Fsp3) is 0.321. The highest BCUT2D eigenvalue weighted by molar-refractivity contribution is 6.00. The number of ether oxygens (including phenoxy) is 1. The van der Waals surface area contributed by atoms with Crippen LogP contribution in [0.2, 0.25) is 0 Å². The van der Waals surface area contributed by atoms with E-state index in [1.165, 1.54) is 4.90 Å². The lowest BCUT2D eigenvalue weighted by atomic mass is 10.0. The molecule has 0 radical (unpaired) electrons. The van der Waals surface area contributed by atoms with Gasteiger partial charge < -0.3 is 20.3 Å². The van der Waals surface area contributed by atoms with Gasteiger partial charge in [0.05, 0.1) is 0 Å². The van der Waals surface area contributed by atoms with Crippen molar-refractivity contribution in [2.24, 2.45) is 0 Å². The summed E-state index contributed by atoms with van der Waals surface area (Å²) < 4.78 is 5.28. The number of rotatable bonds is 7. The lowest BCUT2D eigenvalue weighted by molar-refractivity contribution is -0.140. The van der Waals surface area contributed by atoms with Gasteiger partial charge in [-0.05, 0) is 63.1 Å². The Labute approximate surface area is 206 Å². The van der Waals surface area contributed by atoms with Crippen molar-refractivity contribution < 1.29 is 19.1 Å². The summed E-state index contributed by atoms with van der Waals surface area (Å²) in [7, 11) is 0. The molecule has 3 rings (SSSR count). The molecule has 35 heavy (non-hydrogen) atoms. The second kappa shape index (κ2) is 11.0. The number of benzene rings is 3. The maximum absolute atomic E-state index is 13.6. The Kier molecular flexibility index (Phi) is 8.12. The number of carbonyl (C=O) groups is 3. The molecule has 0 aromatic heterocycles. The number of hydrogen-bond acceptors (Lipinski definition) is 4. The van der Waals surface area contributed by atoms with E-state index >= 15 is 0 Å². The normalized spacial score (nSPS) is 12.9. The largest absolute Gasteiger partial charge is 0.444 e. The zero-order valence-corrected chi connectivity index (χ0v) is 20.9. The summed E-state index contributed by atoms with van der Waals surface area (Å²) in [6.45, 7) is 8.90. The molecule has 3 amide bonds. The lowest BCUT2D eigenvalue weighted by Crippen LogP contribution is -2.51. The zero-order valence-electron chi connectivity index (χ0n) is 20.9. The highest BCUT2D eigenvalue weighted by Gasteiger charge is 2.33. The topological polar surface area (TPSA) is 87.7 Å². The van der Waals surface area contributed by atoms with Gasteiger partial charge in [0.2, 0.25) is 5.91 Å². The molecular formula is C28H33N3O4. The average molecular weight is 476 g/mol. The molecule has 0 aliphatic rings. The second-order valence-electron chi connectivity index (χ2n) is 9.36. The molecule has 2 N–H and O–H groups in total. The number of fused-ring (bicyclic) bond motifs is 1. The van der Waals surface area contributed by atoms with Crippen LogP contribution in [0.1, 0.15) is 46.2 Å². The first kappa shape index (κ1) is 25.7. The van der Waals surface area contributed by atoms with Crippen LogP contribution in [0.5, 0.6) is 0 Å². The molecule has 0 heterocycles. The summed E-state index contributed by atoms with van der Waals surface area (Å²) in [6.07, 6.45) is -0.689. The van der Waals surface area contributed by atoms with Gasteiger partial charge in [0, 0.05) is 12.2 Å². The Hall–Kier alpha value is -3.87. The summed E-state index contributed by atoms with van der Waals surface area (Å²) in [5.41, 5.74) is 0.618. The number of amides is 3. The van der Waals surface area contributed by atoms with Gasteiger partial charge in [0.25, 0.3) is 5.91 Å². The summed E-state index contributed by atoms with van der Waals surface area (Å²) in [6, 6.07) is 20.9. The third kappa shape index (κ3) is 6.82. The van der Waals surface area contributed by atoms with E-state index in [9.17, 15) is 14.4 Å². The molecule has 3 aromatic rings. The van der Waals surface area contributed by atoms with Gasteiger partial charge in [-0.15, -0.1) is 0 Å². The molecule has 7 heteroatoms. The van der Waals surface area contributed by atoms with E-state index in [4.69, 9.17) is 4.74 Å². The monoisotopic (exact) mass is 475 g/mol. The van der Waals surface area contributed by atoms with Crippen molar-refractivity contribution in [1.29, 1.82) is 0 Å². The molecule has 7 nitrogen and oxygen atoms in total. The molecular weight excluding hydrogens is 442 g/mol. The van der Waals surface area contributed by atoms with E-state index < -0.39 is 23.8 Å². The maximum Gasteiger partial charge on any atom is 0.408 e. The van der Waals surface area contributed by atoms with Crippen LogP contribution in [0.15, 0.2) is 72.8 Å². The first-order valence-electron chi connectivity index (χ1n) is 11.7. The molecule has 0 aliphatic carbocycles. The summed E-state index contributed by atoms with van der Waals surface area (Å²) in [4.78, 5) is 40.7. The quantitative estimate of drug-likeness (QED) is 0.487. The van der Waals surface area contributed by atoms with Gasteiger partial charge in [-0.25, -0.2) is 4.79 Å². The van der Waals surface area contributed by atoms with Crippen LogP contribution in [0, 0.1) is 0 Å². The van der Waals surface area contributed by atoms with Gasteiger partial charge in [-0.3, -0.25) is 9.59 Å². The summed E-state index contributed by atoms with van der Waals surface area (Å²) >= 11 is 0. The van der Waals surface area contributed by atoms with Crippen LogP contribution >= 0.6 is 0 Å². The van der Waals surface area contributed by atoms with Crippen LogP contribution < -0.4 is 10.6 Å². The van der Waals surface area contributed by atoms with Crippen LogP contribution in [0.25, 0.3) is 10.8 Å². The Bertz CT molecular complexity index is 1190. The van der Waals surface area contributed by atoms with Gasteiger partial charge in [0.1, 0.15) is 17.7 Å². The van der Waals surface area contributed by atoms with Gasteiger partial charge in [-0.2, -0.15) is 0 Å². The Morgan fingerprint density at radius 1 is 0.914 bits per heavy atom. The molecule has 0 saturated heterocycles. The number of carbonyl (C=O) groups excluding carboxylic acids is 3. The Morgan fingerprint density at radius 3 is 2.17 bits per heavy atom. The predicted molar refractivity (Wildman–Crippen MR) is 138 cm³/mol. The highest BCUT2D eigenvalue weighted by atomic mass is 16.6. The number of likely N-dealkylation sites (N-methyl/N-ethyl adjacent to an activating group) is 1. The van der Waals surface area contributed by atoms with Crippen molar-refractivity contribution in [2.75, 3.05) is 11.9 Å². The molecule has 0 fully saturated rings. The third-order valence-electron chi connectivity index (χ3n) is 5.42. The number of hydrogen-bond donors (Lipinski definition) is 2. The molecule has 0 saturated carbocycles. The molecule has 2 atom stereocenters. The van der Waals surface area contributed by atoms with Crippen molar-refractivity contribution in [3.05, 3.63) is 78.4 Å². The number of anilines is 1. The van der Waals surface area contributed by atoms with Crippen LogP contribution in [0.3, 0.4) is 0 Å². The van der Waals surface area contributed by atoms with Crippen LogP contribution in [-0.2, 0) is 14.3 Å². The standard InChI is InChI=1S/C28H33N3O4/c1-6-31(26(33)19(2)29-27(34)35-28(3,4)5)24(21-13-8-7-9-14-21)25(32)30-23-17-16-20-12-10-11-15-22(20)18-23/h7-19,24H,6H2,1-5H3,(H,29,34)(H,30,32). The van der Waals surface area contributed by atoms with Crippen molar-refractivity contribution in [3.8, 4) is 0 Å². The van der Waals surface area contributed by atoms with Crippen LogP contribution in [-0.4, -0.2) is 41.0 Å². The first-order chi connectivity index (χ1) is 16.6. The fourth-order valence-corrected chi connectivity index (χ4v) is 3.85. The van der Waals surface area contributed by atoms with E-state index in [0.717, 1.165) is 10.8 Å². The predicted octanol–water partition coefficient (Wildman–Crippen LogP) is 5.28. The average Bonchev–Trinajstić information content (AvgIpc) is 2.81. The van der Waals surface area contributed by atoms with Gasteiger partial charge in [0.15, 0.2) is 0 Å². The molecule has 184 valence electrons. The number of alkyl carbamates (subject to hydrolysis) is 1. The smallest absolute Gasteiger partial charge is 0.408 e. The minimum Gasteiger partial charge on any atom is -0.444 e. The highest BCUT2D eigenvalue weighted by Crippen LogP contribution is 2.25. The van der Waals surface area contributed by atoms with E-state index in [1.54, 1.807) is 34.6 Å². The van der Waals surface area contributed by atoms with E-state index in [1.807, 2.05) is 72.8 Å². The van der Waals surface area contributed by atoms with Crippen molar-refractivity contribution >= 4 is 34.4 Å². The number of nitrogens with zero attached hydrogens (tertiary/aromatic N) is 1. The van der Waals surface area contributed by atoms with E-state index in [2.05, 4.69) is 10.6 Å². The first-order valence-corrected chi connectivity index (χ1v) is 11.7. The van der Waals surface area contributed by atoms with Crippen LogP contribution in [0.4, 0.5) is 10.5 Å². The minimum absolute atomic E-state index is 0.268. The Balaban J connectivity index is 1.86. The van der Waals surface area contributed by atoms with Crippen molar-refractivity contribution in [1.82, 2.24) is 10.2 Å². The van der Waals surface area contributed by atoms with E-state index in [0.29, 0.717) is 11.3 Å². The minimum atomic E-state index is -0.886. The number of nitrogens with one attached hydrogen (secondary N) is 2. The fourth-order valence-electron chi connectivity index (χ4n) is 3.85. The molecule has 3 aromatic carbocycles. The molecule has 0 aliphatic heterocycles. The molecule has 0 bridgehead atoms. The third-order valence-corrected chi connectivity index (χ3v) is 5.42. The summed E-state index contributed by atoms with van der Waals surface area (Å²) in [5, 5.41) is 7.62. The van der Waals surface area contributed by atoms with E-state index in [-0.39, 0.29) is 18.4 Å². The van der Waals surface area contributed by atoms with Crippen molar-refractivity contribution in [3.63, 3.8) is 0 Å². The van der Waals surface area contributed by atoms with Gasteiger partial charge >= 0.3 is 6.09 Å². The van der Waals surface area contributed by atoms with Crippen molar-refractivity contribution in [2.45, 2.75) is 52.3 Å². The molecule has 0 spiro atoms. The van der Waals surface area contributed by atoms with Gasteiger partial charge in [-0.1, -0.05) is 60.7 Å². The zero-order chi connectivity index (χ0) is 25.6.